The van der Waals surface area contributed by atoms with E-state index in [9.17, 15) is 9.59 Å². The third-order valence-corrected chi connectivity index (χ3v) is 31.8. The van der Waals surface area contributed by atoms with Gasteiger partial charge < -0.3 is 0 Å². The van der Waals surface area contributed by atoms with E-state index in [1.807, 2.05) is 45.3 Å². The van der Waals surface area contributed by atoms with Gasteiger partial charge in [-0.05, 0) is 131 Å². The van der Waals surface area contributed by atoms with Gasteiger partial charge in [-0.2, -0.15) is 0 Å². The van der Waals surface area contributed by atoms with Crippen molar-refractivity contribution in [2.24, 2.45) is 0 Å². The minimum Gasteiger partial charge on any atom is -0.294 e. The van der Waals surface area contributed by atoms with Crippen LogP contribution in [0.1, 0.15) is 101 Å². The fourth-order valence-corrected chi connectivity index (χ4v) is 22.0. The van der Waals surface area contributed by atoms with Crippen LogP contribution in [-0.4, -0.2) is 43.9 Å². The van der Waals surface area contributed by atoms with Gasteiger partial charge in [0.15, 0.2) is 5.78 Å². The van der Waals surface area contributed by atoms with Crippen LogP contribution < -0.4 is 18.0 Å². The summed E-state index contributed by atoms with van der Waals surface area (Å²) in [6.07, 6.45) is 11.8. The van der Waals surface area contributed by atoms with Crippen molar-refractivity contribution in [3.63, 3.8) is 0 Å². The van der Waals surface area contributed by atoms with Crippen molar-refractivity contribution < 1.29 is 9.59 Å². The molecule has 12 heteroatoms. The summed E-state index contributed by atoms with van der Waals surface area (Å²) in [5.74, 6) is 5.59. The predicted molar refractivity (Wildman–Crippen MR) is 307 cm³/mol. The lowest BCUT2D eigenvalue weighted by Gasteiger charge is -2.12. The fourth-order valence-electron chi connectivity index (χ4n) is 6.57. The zero-order valence-corrected chi connectivity index (χ0v) is 51.2. The van der Waals surface area contributed by atoms with Crippen LogP contribution in [-0.2, 0) is 11.2 Å². The van der Waals surface area contributed by atoms with Gasteiger partial charge >= 0.3 is 0 Å². The zero-order chi connectivity index (χ0) is 45.4. The van der Waals surface area contributed by atoms with Gasteiger partial charge in [0, 0.05) is 31.4 Å². The second kappa shape index (κ2) is 23.3. The number of halogens is 2. The summed E-state index contributed by atoms with van der Waals surface area (Å²) < 4.78 is 12.0. The lowest BCUT2D eigenvalue weighted by Crippen LogP contribution is -2.34. The molecule has 5 aromatic rings. The Kier molecular flexibility index (Phi) is 21.0. The second-order valence-electron chi connectivity index (χ2n) is 20.2. The molecule has 0 radical (unpaired) electrons. The molecule has 0 atom stereocenters. The number of ketones is 2. The van der Waals surface area contributed by atoms with E-state index in [-0.39, 0.29) is 11.6 Å². The highest BCUT2D eigenvalue weighted by Crippen LogP contribution is 2.41. The van der Waals surface area contributed by atoms with Crippen molar-refractivity contribution in [3.8, 4) is 21.6 Å². The van der Waals surface area contributed by atoms with E-state index >= 15 is 0 Å². The lowest BCUT2D eigenvalue weighted by atomic mass is 9.93. The Bertz CT molecular complexity index is 2240. The van der Waals surface area contributed by atoms with Gasteiger partial charge in [0.05, 0.1) is 51.4 Å². The summed E-state index contributed by atoms with van der Waals surface area (Å²) >= 11 is 13.1. The van der Waals surface area contributed by atoms with Crippen molar-refractivity contribution in [2.75, 3.05) is 0 Å². The third-order valence-electron chi connectivity index (χ3n) is 10.2. The molecule has 0 spiro atoms. The highest BCUT2D eigenvalue weighted by Gasteiger charge is 2.29. The van der Waals surface area contributed by atoms with Crippen molar-refractivity contribution >= 4 is 173 Å². The SMILES string of the molecule is CCCCCCC#CC(C)=O.CCCCCCc1c(C(C)=O)c2cc([Si](C)(C)C)sc2c2sc([Si](C)(C)C)cc12.C[Si](C)(C)c1cc(I)c(-c2sc([Si](C)(C)C)cc2I)s1. The van der Waals surface area contributed by atoms with Crippen molar-refractivity contribution in [3.05, 3.63) is 42.5 Å². The molecule has 330 valence electrons. The second-order valence-corrected chi connectivity index (χ2v) is 48.3. The molecule has 4 aromatic heterocycles. The standard InChI is InChI=1S/C24H36OS2Si2.C14H20I2S2Si2.C10H16O/c1-9-10-11-12-13-17-18-14-20(28(3,4)5)26-23(18)24-19(22(17)16(2)25)15-21(27-24)29(6,7)8;1-19(2,3)11-7-9(15)13(17-11)14-10(16)8-12(18-14)20(4,5)6;1-3-4-5-6-7-8-9-10(2)11/h14-15H,9-13H2,1-8H3;7-8H,1-6H3;3-7H2,1-2H3. The summed E-state index contributed by atoms with van der Waals surface area (Å²) in [7, 11) is -5.22. The van der Waals surface area contributed by atoms with E-state index in [1.165, 1.54) is 99.0 Å². The number of rotatable bonds is 15. The van der Waals surface area contributed by atoms with E-state index < -0.39 is 32.3 Å². The Morgan fingerprint density at radius 1 is 0.550 bits per heavy atom. The van der Waals surface area contributed by atoms with Crippen LogP contribution in [0.4, 0.5) is 0 Å². The molecule has 0 aliphatic rings. The minimum absolute atomic E-state index is 0.0273. The largest absolute Gasteiger partial charge is 0.294 e. The number of hydrogen-bond acceptors (Lipinski definition) is 6. The maximum absolute atomic E-state index is 12.9. The number of carbonyl (C=O) groups is 2. The Balaban J connectivity index is 0.000000268. The first-order valence-corrected chi connectivity index (χ1v) is 41.3. The monoisotopic (exact) mass is 1170 g/mol. The van der Waals surface area contributed by atoms with Gasteiger partial charge in [0.2, 0.25) is 5.78 Å². The van der Waals surface area contributed by atoms with Crippen LogP contribution >= 0.6 is 90.5 Å². The Labute approximate surface area is 412 Å². The molecule has 0 amide bonds. The minimum atomic E-state index is -1.42. The topological polar surface area (TPSA) is 34.1 Å². The zero-order valence-electron chi connectivity index (χ0n) is 39.6. The first-order valence-electron chi connectivity index (χ1n) is 21.8. The van der Waals surface area contributed by atoms with Crippen molar-refractivity contribution in [1.82, 2.24) is 0 Å². The summed E-state index contributed by atoms with van der Waals surface area (Å²) in [6.45, 7) is 36.9. The summed E-state index contributed by atoms with van der Waals surface area (Å²) in [5.41, 5.74) is 2.35. The van der Waals surface area contributed by atoms with E-state index in [2.05, 4.69) is 174 Å². The molecule has 0 bridgehead atoms. The van der Waals surface area contributed by atoms with Crippen LogP contribution in [0.15, 0.2) is 24.3 Å². The van der Waals surface area contributed by atoms with Gasteiger partial charge in [-0.3, -0.25) is 9.59 Å². The van der Waals surface area contributed by atoms with E-state index in [4.69, 9.17) is 0 Å². The molecule has 0 N–H and O–H groups in total. The van der Waals surface area contributed by atoms with Crippen LogP contribution in [0, 0.1) is 19.0 Å². The smallest absolute Gasteiger partial charge is 0.202 e. The molecule has 1 aromatic carbocycles. The molecule has 5 rings (SSSR count). The summed E-state index contributed by atoms with van der Waals surface area (Å²) in [4.78, 5) is 26.3. The number of unbranched alkanes of at least 4 members (excludes halogenated alkanes) is 7. The fraction of sp³-hybridized carbons (Fsp3) is 0.542. The molecule has 0 unspecified atom stereocenters. The normalized spacial score (nSPS) is 12.2. The van der Waals surface area contributed by atoms with E-state index in [0.717, 1.165) is 24.8 Å². The predicted octanol–water partition coefficient (Wildman–Crippen LogP) is 15.9. The quantitative estimate of drug-likeness (QED) is 0.0261. The molecule has 0 aliphatic carbocycles. The third kappa shape index (κ3) is 15.5. The first kappa shape index (κ1) is 54.1. The van der Waals surface area contributed by atoms with E-state index in [0.29, 0.717) is 0 Å². The van der Waals surface area contributed by atoms with Gasteiger partial charge in [-0.15, -0.1) is 45.3 Å². The van der Waals surface area contributed by atoms with Crippen molar-refractivity contribution in [1.29, 1.82) is 0 Å². The highest BCUT2D eigenvalue weighted by molar-refractivity contribution is 14.1. The molecule has 0 fully saturated rings. The highest BCUT2D eigenvalue weighted by atomic mass is 127. The lowest BCUT2D eigenvalue weighted by molar-refractivity contribution is -0.111. The average Bonchev–Trinajstić information content (AvgIpc) is 3.92. The number of aryl methyl sites for hydroxylation is 1. The maximum Gasteiger partial charge on any atom is 0.202 e. The number of carbonyl (C=O) groups excluding carboxylic acids is 2. The Hall–Kier alpha value is -0.232. The molecule has 2 nitrogen and oxygen atoms in total. The Morgan fingerprint density at radius 2 is 0.950 bits per heavy atom. The molecule has 0 aliphatic heterocycles. The van der Waals surface area contributed by atoms with Gasteiger partial charge in [-0.1, -0.05) is 137 Å². The maximum atomic E-state index is 12.9. The molecular formula is C48H72I2O2S4Si4. The van der Waals surface area contributed by atoms with Crippen LogP contribution in [0.2, 0.25) is 78.6 Å². The van der Waals surface area contributed by atoms with Gasteiger partial charge in [0.25, 0.3) is 0 Å². The summed E-state index contributed by atoms with van der Waals surface area (Å²) in [6, 6.07) is 9.70. The van der Waals surface area contributed by atoms with Gasteiger partial charge in [-0.25, -0.2) is 0 Å². The van der Waals surface area contributed by atoms with Crippen LogP contribution in [0.5, 0.6) is 0 Å². The Morgan fingerprint density at radius 3 is 1.33 bits per heavy atom. The van der Waals surface area contributed by atoms with Crippen LogP contribution in [0.25, 0.3) is 29.9 Å². The number of fused-ring (bicyclic) bond motifs is 3. The van der Waals surface area contributed by atoms with E-state index in [1.54, 1.807) is 20.4 Å². The molecular weight excluding hydrogens is 1100 g/mol. The van der Waals surface area contributed by atoms with Crippen molar-refractivity contribution in [2.45, 2.75) is 170 Å². The van der Waals surface area contributed by atoms with Gasteiger partial charge in [0.1, 0.15) is 0 Å². The molecule has 0 saturated carbocycles. The number of benzene rings is 1. The number of thiophene rings is 4. The number of hydrogen-bond donors (Lipinski definition) is 0. The van der Waals surface area contributed by atoms with Crippen LogP contribution in [0.3, 0.4) is 0 Å². The number of Topliss-reactive ketones (excluding diaryl/α,β-unsaturated/α-hetero) is 2. The molecule has 0 saturated heterocycles. The summed E-state index contributed by atoms with van der Waals surface area (Å²) in [5, 5.41) is 2.62. The molecule has 4 heterocycles. The average molecular weight is 1180 g/mol. The molecule has 60 heavy (non-hydrogen) atoms. The first-order chi connectivity index (χ1) is 27.7.